The highest BCUT2D eigenvalue weighted by Gasteiger charge is 2.36. The van der Waals surface area contributed by atoms with E-state index in [0.29, 0.717) is 12.8 Å². The number of nitrogens with one attached hydrogen (secondary N) is 2. The van der Waals surface area contributed by atoms with E-state index < -0.39 is 27.6 Å². The van der Waals surface area contributed by atoms with Crippen LogP contribution in [0.3, 0.4) is 0 Å². The fourth-order valence-electron chi connectivity index (χ4n) is 3.33. The summed E-state index contributed by atoms with van der Waals surface area (Å²) in [7, 11) is -3.85. The molecule has 0 amide bonds. The van der Waals surface area contributed by atoms with Gasteiger partial charge in [-0.05, 0) is 70.3 Å². The zero-order valence-corrected chi connectivity index (χ0v) is 18.6. The summed E-state index contributed by atoms with van der Waals surface area (Å²) in [5, 5.41) is 3.25. The lowest BCUT2D eigenvalue weighted by Gasteiger charge is -2.31. The van der Waals surface area contributed by atoms with Crippen molar-refractivity contribution in [3.05, 3.63) is 42.5 Å². The zero-order valence-electron chi connectivity index (χ0n) is 17.0. The topological polar surface area (TPSA) is 84.5 Å². The SMILES string of the molecule is CC(C)(C)OC(=O)[C@H](NS(=O)(=O)c1ccc(-c2ccccc2)s1)C1CCNCC1. The summed E-state index contributed by atoms with van der Waals surface area (Å²) in [5.74, 6) is -0.623. The van der Waals surface area contributed by atoms with E-state index in [9.17, 15) is 13.2 Å². The normalized spacial score (nSPS) is 17.1. The van der Waals surface area contributed by atoms with Gasteiger partial charge in [-0.3, -0.25) is 4.79 Å². The van der Waals surface area contributed by atoms with Gasteiger partial charge in [0.15, 0.2) is 0 Å². The molecular weight excluding hydrogens is 408 g/mol. The molecule has 6 nitrogen and oxygen atoms in total. The lowest BCUT2D eigenvalue weighted by atomic mass is 9.91. The Kier molecular flexibility index (Phi) is 6.78. The van der Waals surface area contributed by atoms with Crippen LogP contribution in [0.15, 0.2) is 46.7 Å². The number of carbonyl (C=O) groups excluding carboxylic acids is 1. The van der Waals surface area contributed by atoms with E-state index in [1.807, 2.05) is 30.3 Å². The molecule has 1 aliphatic heterocycles. The van der Waals surface area contributed by atoms with Crippen LogP contribution in [0, 0.1) is 5.92 Å². The summed E-state index contributed by atoms with van der Waals surface area (Å²) >= 11 is 1.19. The molecule has 2 heterocycles. The average Bonchev–Trinajstić information content (AvgIpc) is 3.17. The smallest absolute Gasteiger partial charge is 0.324 e. The first-order chi connectivity index (χ1) is 13.7. The molecule has 1 fully saturated rings. The molecule has 0 spiro atoms. The minimum Gasteiger partial charge on any atom is -0.459 e. The molecule has 1 aromatic heterocycles. The highest BCUT2D eigenvalue weighted by molar-refractivity contribution is 7.91. The summed E-state index contributed by atoms with van der Waals surface area (Å²) in [4.78, 5) is 13.7. The van der Waals surface area contributed by atoms with Crippen LogP contribution in [-0.4, -0.2) is 39.1 Å². The number of sulfonamides is 1. The number of hydrogen-bond acceptors (Lipinski definition) is 6. The summed E-state index contributed by atoms with van der Waals surface area (Å²) in [5.41, 5.74) is 0.276. The summed E-state index contributed by atoms with van der Waals surface area (Å²) < 4.78 is 34.5. The van der Waals surface area contributed by atoms with Crippen molar-refractivity contribution in [3.8, 4) is 10.4 Å². The highest BCUT2D eigenvalue weighted by atomic mass is 32.2. The van der Waals surface area contributed by atoms with Gasteiger partial charge in [0, 0.05) is 4.88 Å². The molecule has 1 saturated heterocycles. The van der Waals surface area contributed by atoms with Gasteiger partial charge in [-0.1, -0.05) is 30.3 Å². The Morgan fingerprint density at radius 2 is 1.79 bits per heavy atom. The standard InChI is InChI=1S/C21H28N2O4S2/c1-21(2,3)27-20(24)19(16-11-13-22-14-12-16)23-29(25,26)18-10-9-17(28-18)15-7-5-4-6-8-15/h4-10,16,19,22-23H,11-14H2,1-3H3/t19-/m1/s1. The highest BCUT2D eigenvalue weighted by Crippen LogP contribution is 2.31. The second-order valence-electron chi connectivity index (χ2n) is 8.20. The molecule has 1 atom stereocenters. The number of carbonyl (C=O) groups is 1. The minimum absolute atomic E-state index is 0.102. The number of rotatable bonds is 6. The van der Waals surface area contributed by atoms with Crippen molar-refractivity contribution in [2.75, 3.05) is 13.1 Å². The Morgan fingerprint density at radius 3 is 2.41 bits per heavy atom. The molecule has 0 bridgehead atoms. The molecule has 0 unspecified atom stereocenters. The summed E-state index contributed by atoms with van der Waals surface area (Å²) in [6, 6.07) is 12.1. The van der Waals surface area contributed by atoms with Crippen LogP contribution in [0.25, 0.3) is 10.4 Å². The molecule has 8 heteroatoms. The maximum atomic E-state index is 13.1. The molecule has 29 heavy (non-hydrogen) atoms. The zero-order chi connectivity index (χ0) is 21.1. The Balaban J connectivity index is 1.83. The van der Waals surface area contributed by atoms with Crippen LogP contribution in [0.1, 0.15) is 33.6 Å². The number of hydrogen-bond donors (Lipinski definition) is 2. The first-order valence-electron chi connectivity index (χ1n) is 9.77. The largest absolute Gasteiger partial charge is 0.459 e. The van der Waals surface area contributed by atoms with Crippen LogP contribution in [0.5, 0.6) is 0 Å². The van der Waals surface area contributed by atoms with Gasteiger partial charge >= 0.3 is 5.97 Å². The van der Waals surface area contributed by atoms with Crippen LogP contribution >= 0.6 is 11.3 Å². The Hall–Kier alpha value is -1.74. The predicted octanol–water partition coefficient (Wildman–Crippen LogP) is 3.40. The summed E-state index contributed by atoms with van der Waals surface area (Å²) in [6.45, 7) is 6.85. The van der Waals surface area contributed by atoms with Gasteiger partial charge in [0.05, 0.1) is 0 Å². The van der Waals surface area contributed by atoms with E-state index in [0.717, 1.165) is 23.5 Å². The van der Waals surface area contributed by atoms with Crippen LogP contribution < -0.4 is 10.0 Å². The molecule has 0 radical (unpaired) electrons. The van der Waals surface area contributed by atoms with Gasteiger partial charge in [0.2, 0.25) is 0 Å². The number of ether oxygens (including phenoxy) is 1. The number of benzene rings is 1. The average molecular weight is 437 g/mol. The Morgan fingerprint density at radius 1 is 1.14 bits per heavy atom. The molecule has 3 rings (SSSR count). The quantitative estimate of drug-likeness (QED) is 0.678. The van der Waals surface area contributed by atoms with Crippen molar-refractivity contribution >= 4 is 27.3 Å². The van der Waals surface area contributed by atoms with Crippen molar-refractivity contribution in [2.45, 2.75) is 49.5 Å². The number of piperidine rings is 1. The Labute approximate surface area is 176 Å². The molecule has 1 aromatic carbocycles. The maximum Gasteiger partial charge on any atom is 0.324 e. The van der Waals surface area contributed by atoms with E-state index in [1.54, 1.807) is 32.9 Å². The maximum absolute atomic E-state index is 13.1. The van der Waals surface area contributed by atoms with E-state index in [1.165, 1.54) is 11.3 Å². The molecule has 158 valence electrons. The van der Waals surface area contributed by atoms with Crippen LogP contribution in [0.2, 0.25) is 0 Å². The van der Waals surface area contributed by atoms with Crippen molar-refractivity contribution in [3.63, 3.8) is 0 Å². The summed E-state index contributed by atoms with van der Waals surface area (Å²) in [6.07, 6.45) is 1.43. The Bertz CT molecular complexity index is 927. The van der Waals surface area contributed by atoms with Crippen molar-refractivity contribution < 1.29 is 17.9 Å². The first kappa shape index (κ1) is 22.0. The molecule has 2 aromatic rings. The predicted molar refractivity (Wildman–Crippen MR) is 115 cm³/mol. The van der Waals surface area contributed by atoms with E-state index >= 15 is 0 Å². The van der Waals surface area contributed by atoms with Crippen LogP contribution in [-0.2, 0) is 19.6 Å². The van der Waals surface area contributed by atoms with Gasteiger partial charge in [0.1, 0.15) is 15.9 Å². The number of thiophene rings is 1. The van der Waals surface area contributed by atoms with Crippen molar-refractivity contribution in [1.82, 2.24) is 10.0 Å². The third kappa shape index (κ3) is 5.88. The monoisotopic (exact) mass is 436 g/mol. The van der Waals surface area contributed by atoms with Gasteiger partial charge < -0.3 is 10.1 Å². The molecule has 2 N–H and O–H groups in total. The van der Waals surface area contributed by atoms with Crippen LogP contribution in [0.4, 0.5) is 0 Å². The van der Waals surface area contributed by atoms with E-state index in [-0.39, 0.29) is 10.1 Å². The van der Waals surface area contributed by atoms with Gasteiger partial charge in [-0.25, -0.2) is 8.42 Å². The third-order valence-electron chi connectivity index (χ3n) is 4.70. The second kappa shape index (κ2) is 8.95. The van der Waals surface area contributed by atoms with E-state index in [4.69, 9.17) is 4.74 Å². The van der Waals surface area contributed by atoms with Crippen molar-refractivity contribution in [1.29, 1.82) is 0 Å². The number of esters is 1. The fraction of sp³-hybridized carbons (Fsp3) is 0.476. The van der Waals surface area contributed by atoms with Gasteiger partial charge in [-0.15, -0.1) is 11.3 Å². The molecule has 1 aliphatic rings. The lowest BCUT2D eigenvalue weighted by Crippen LogP contribution is -2.50. The van der Waals surface area contributed by atoms with Gasteiger partial charge in [-0.2, -0.15) is 4.72 Å². The second-order valence-corrected chi connectivity index (χ2v) is 11.2. The lowest BCUT2D eigenvalue weighted by molar-refractivity contribution is -0.158. The fourth-order valence-corrected chi connectivity index (χ4v) is 5.91. The third-order valence-corrected chi connectivity index (χ3v) is 7.77. The molecular formula is C21H28N2O4S2. The first-order valence-corrected chi connectivity index (χ1v) is 12.1. The molecule has 0 saturated carbocycles. The minimum atomic E-state index is -3.85. The van der Waals surface area contributed by atoms with E-state index in [2.05, 4.69) is 10.0 Å². The molecule has 0 aliphatic carbocycles. The van der Waals surface area contributed by atoms with Gasteiger partial charge in [0.25, 0.3) is 10.0 Å². The van der Waals surface area contributed by atoms with Crippen molar-refractivity contribution in [2.24, 2.45) is 5.92 Å².